The summed E-state index contributed by atoms with van der Waals surface area (Å²) in [5.41, 5.74) is 0. The average molecular weight is 208 g/mol. The molecule has 0 spiro atoms. The van der Waals surface area contributed by atoms with Gasteiger partial charge in [-0.1, -0.05) is 0 Å². The van der Waals surface area contributed by atoms with E-state index in [-0.39, 0.29) is 0 Å². The van der Waals surface area contributed by atoms with E-state index < -0.39 is 42.7 Å². The highest BCUT2D eigenvalue weighted by Crippen LogP contribution is 2.24. The normalized spacial score (nSPS) is 39.7. The first kappa shape index (κ1) is 11.2. The Balaban J connectivity index is 2.81. The standard InChI is InChI=1S/C7H12O7/c8-1-2(9)3(10)6-4(11)5(12)7(13)14-6/h4-13H,1H2/b3-2+/t4-,5+,6-,7?/m1/s1. The topological polar surface area (TPSA) is 131 Å². The zero-order valence-electron chi connectivity index (χ0n) is 7.11. The molecular formula is C7H12O7. The van der Waals surface area contributed by atoms with Gasteiger partial charge in [0.25, 0.3) is 0 Å². The number of hydrogen-bond acceptors (Lipinski definition) is 7. The van der Waals surface area contributed by atoms with Gasteiger partial charge in [0.15, 0.2) is 17.8 Å². The zero-order valence-corrected chi connectivity index (χ0v) is 7.11. The fourth-order valence-corrected chi connectivity index (χ4v) is 1.13. The van der Waals surface area contributed by atoms with Gasteiger partial charge >= 0.3 is 0 Å². The van der Waals surface area contributed by atoms with E-state index in [1.807, 2.05) is 0 Å². The van der Waals surface area contributed by atoms with Crippen molar-refractivity contribution in [1.82, 2.24) is 0 Å². The summed E-state index contributed by atoms with van der Waals surface area (Å²) in [4.78, 5) is 0. The van der Waals surface area contributed by atoms with Gasteiger partial charge in [-0.3, -0.25) is 0 Å². The Hall–Kier alpha value is -0.860. The first-order valence-corrected chi connectivity index (χ1v) is 3.90. The van der Waals surface area contributed by atoms with E-state index in [0.29, 0.717) is 0 Å². The average Bonchev–Trinajstić information content (AvgIpc) is 2.43. The Morgan fingerprint density at radius 2 is 1.64 bits per heavy atom. The van der Waals surface area contributed by atoms with E-state index in [9.17, 15) is 10.2 Å². The summed E-state index contributed by atoms with van der Waals surface area (Å²) in [7, 11) is 0. The van der Waals surface area contributed by atoms with Gasteiger partial charge in [0.1, 0.15) is 24.9 Å². The van der Waals surface area contributed by atoms with Crippen LogP contribution in [0.5, 0.6) is 0 Å². The van der Waals surface area contributed by atoms with Crippen molar-refractivity contribution in [3.8, 4) is 0 Å². The quantitative estimate of drug-likeness (QED) is 0.282. The lowest BCUT2D eigenvalue weighted by Gasteiger charge is -2.14. The van der Waals surface area contributed by atoms with Crippen LogP contribution in [-0.2, 0) is 4.74 Å². The van der Waals surface area contributed by atoms with Crippen molar-refractivity contribution in [3.05, 3.63) is 11.5 Å². The van der Waals surface area contributed by atoms with Crippen LogP contribution >= 0.6 is 0 Å². The molecule has 1 saturated heterocycles. The predicted molar refractivity (Wildman–Crippen MR) is 42.3 cm³/mol. The van der Waals surface area contributed by atoms with E-state index in [1.54, 1.807) is 0 Å². The lowest BCUT2D eigenvalue weighted by molar-refractivity contribution is -0.126. The fourth-order valence-electron chi connectivity index (χ4n) is 1.13. The van der Waals surface area contributed by atoms with E-state index in [0.717, 1.165) is 0 Å². The molecule has 1 aliphatic heterocycles. The van der Waals surface area contributed by atoms with Crippen LogP contribution in [-0.4, -0.2) is 61.8 Å². The van der Waals surface area contributed by atoms with Crippen LogP contribution in [0, 0.1) is 0 Å². The van der Waals surface area contributed by atoms with Crippen LogP contribution in [0.1, 0.15) is 0 Å². The molecule has 7 heteroatoms. The highest BCUT2D eigenvalue weighted by atomic mass is 16.6. The minimum absolute atomic E-state index is 0.782. The van der Waals surface area contributed by atoms with E-state index >= 15 is 0 Å². The molecule has 14 heavy (non-hydrogen) atoms. The maximum atomic E-state index is 9.22. The zero-order chi connectivity index (χ0) is 10.9. The summed E-state index contributed by atoms with van der Waals surface area (Å²) >= 11 is 0. The number of rotatable bonds is 2. The molecule has 82 valence electrons. The minimum Gasteiger partial charge on any atom is -0.506 e. The number of ether oxygens (including phenoxy) is 1. The molecule has 0 saturated carbocycles. The van der Waals surface area contributed by atoms with Gasteiger partial charge in [0, 0.05) is 0 Å². The third-order valence-corrected chi connectivity index (χ3v) is 1.95. The summed E-state index contributed by atoms with van der Waals surface area (Å²) < 4.78 is 4.55. The lowest BCUT2D eigenvalue weighted by atomic mass is 10.1. The molecule has 4 atom stereocenters. The molecule has 0 aromatic heterocycles. The van der Waals surface area contributed by atoms with Gasteiger partial charge in [-0.25, -0.2) is 0 Å². The van der Waals surface area contributed by atoms with Gasteiger partial charge in [-0.2, -0.15) is 0 Å². The Bertz CT molecular complexity index is 238. The Kier molecular flexibility index (Phi) is 3.29. The molecule has 1 aliphatic rings. The third kappa shape index (κ3) is 1.81. The van der Waals surface area contributed by atoms with Gasteiger partial charge in [-0.05, 0) is 0 Å². The Morgan fingerprint density at radius 1 is 1.07 bits per heavy atom. The number of hydrogen-bond donors (Lipinski definition) is 6. The molecule has 0 aromatic rings. The maximum absolute atomic E-state index is 9.22. The third-order valence-electron chi connectivity index (χ3n) is 1.95. The highest BCUT2D eigenvalue weighted by Gasteiger charge is 2.44. The number of aliphatic hydroxyl groups is 6. The molecule has 0 bridgehead atoms. The maximum Gasteiger partial charge on any atom is 0.184 e. The van der Waals surface area contributed by atoms with Gasteiger partial charge < -0.3 is 35.4 Å². The molecule has 1 unspecified atom stereocenters. The molecule has 0 aromatic carbocycles. The van der Waals surface area contributed by atoms with E-state index in [2.05, 4.69) is 4.74 Å². The van der Waals surface area contributed by atoms with Crippen molar-refractivity contribution in [3.63, 3.8) is 0 Å². The van der Waals surface area contributed by atoms with Crippen LogP contribution in [0.2, 0.25) is 0 Å². The minimum atomic E-state index is -1.64. The smallest absolute Gasteiger partial charge is 0.184 e. The van der Waals surface area contributed by atoms with Gasteiger partial charge in [0.05, 0.1) is 0 Å². The second-order valence-electron chi connectivity index (χ2n) is 2.92. The fraction of sp³-hybridized carbons (Fsp3) is 0.714. The summed E-state index contributed by atoms with van der Waals surface area (Å²) in [5, 5.41) is 53.7. The summed E-state index contributed by atoms with van der Waals surface area (Å²) in [6, 6.07) is 0. The SMILES string of the molecule is OC/C(O)=C(\O)[C@H]1OC(O)[C@@H](O)[C@H]1O. The highest BCUT2D eigenvalue weighted by molar-refractivity contribution is 5.10. The second-order valence-corrected chi connectivity index (χ2v) is 2.92. The molecule has 7 nitrogen and oxygen atoms in total. The van der Waals surface area contributed by atoms with Crippen molar-refractivity contribution in [2.45, 2.75) is 24.6 Å². The van der Waals surface area contributed by atoms with Crippen LogP contribution < -0.4 is 0 Å². The van der Waals surface area contributed by atoms with E-state index in [4.69, 9.17) is 20.4 Å². The molecule has 1 fully saturated rings. The van der Waals surface area contributed by atoms with Crippen molar-refractivity contribution in [2.75, 3.05) is 6.61 Å². The summed E-state index contributed by atoms with van der Waals surface area (Å²) in [5.74, 6) is -1.59. The first-order valence-electron chi connectivity index (χ1n) is 3.90. The predicted octanol–water partition coefficient (Wildman–Crippen LogP) is -2.25. The first-order chi connectivity index (χ1) is 6.49. The van der Waals surface area contributed by atoms with Crippen LogP contribution in [0.3, 0.4) is 0 Å². The molecule has 0 radical (unpaired) electrons. The Morgan fingerprint density at radius 3 is 2.00 bits per heavy atom. The molecule has 0 amide bonds. The molecular weight excluding hydrogens is 196 g/mol. The van der Waals surface area contributed by atoms with Crippen molar-refractivity contribution in [1.29, 1.82) is 0 Å². The van der Waals surface area contributed by atoms with Crippen molar-refractivity contribution < 1.29 is 35.4 Å². The number of aliphatic hydroxyl groups excluding tert-OH is 6. The van der Waals surface area contributed by atoms with Crippen molar-refractivity contribution in [2.24, 2.45) is 0 Å². The molecule has 1 rings (SSSR count). The van der Waals surface area contributed by atoms with E-state index in [1.165, 1.54) is 0 Å². The molecule has 0 aliphatic carbocycles. The Labute approximate surface area is 79.1 Å². The summed E-state index contributed by atoms with van der Waals surface area (Å²) in [6.45, 7) is -0.829. The van der Waals surface area contributed by atoms with Crippen molar-refractivity contribution >= 4 is 0 Å². The lowest BCUT2D eigenvalue weighted by Crippen LogP contribution is -2.33. The van der Waals surface area contributed by atoms with Crippen LogP contribution in [0.4, 0.5) is 0 Å². The largest absolute Gasteiger partial charge is 0.506 e. The van der Waals surface area contributed by atoms with Crippen LogP contribution in [0.15, 0.2) is 11.5 Å². The monoisotopic (exact) mass is 208 g/mol. The van der Waals surface area contributed by atoms with Gasteiger partial charge in [0.2, 0.25) is 0 Å². The second kappa shape index (κ2) is 4.11. The summed E-state index contributed by atoms with van der Waals surface area (Å²) in [6.07, 6.45) is -6.19. The molecule has 6 N–H and O–H groups in total. The molecule has 1 heterocycles. The van der Waals surface area contributed by atoms with Gasteiger partial charge in [-0.15, -0.1) is 0 Å². The van der Waals surface area contributed by atoms with Crippen LogP contribution in [0.25, 0.3) is 0 Å².